The van der Waals surface area contributed by atoms with Gasteiger partial charge in [0.25, 0.3) is 5.91 Å². The van der Waals surface area contributed by atoms with Crippen molar-refractivity contribution < 1.29 is 4.79 Å². The monoisotopic (exact) mass is 344 g/mol. The Morgan fingerprint density at radius 1 is 1.08 bits per heavy atom. The largest absolute Gasteiger partial charge is 0.321 e. The molecule has 130 valence electrons. The maximum absolute atomic E-state index is 12.4. The van der Waals surface area contributed by atoms with E-state index in [0.29, 0.717) is 11.7 Å². The molecule has 0 aliphatic carbocycles. The van der Waals surface area contributed by atoms with Crippen LogP contribution in [0.25, 0.3) is 0 Å². The van der Waals surface area contributed by atoms with E-state index >= 15 is 0 Å². The second kappa shape index (κ2) is 6.59. The molecule has 2 heterocycles. The molecule has 26 heavy (non-hydrogen) atoms. The van der Waals surface area contributed by atoms with Crippen molar-refractivity contribution in [3.63, 3.8) is 0 Å². The predicted molar refractivity (Wildman–Crippen MR) is 103 cm³/mol. The van der Waals surface area contributed by atoms with Crippen LogP contribution >= 0.6 is 0 Å². The third-order valence-electron chi connectivity index (χ3n) is 4.61. The van der Waals surface area contributed by atoms with Gasteiger partial charge in [-0.05, 0) is 61.7 Å². The Morgan fingerprint density at radius 2 is 1.92 bits per heavy atom. The zero-order chi connectivity index (χ0) is 18.1. The zero-order valence-electron chi connectivity index (χ0n) is 14.8. The first-order valence-corrected chi connectivity index (χ1v) is 8.71. The number of benzene rings is 2. The van der Waals surface area contributed by atoms with Crippen LogP contribution in [0.4, 0.5) is 17.2 Å². The highest BCUT2D eigenvalue weighted by atomic mass is 16.1. The van der Waals surface area contributed by atoms with Crippen LogP contribution in [-0.2, 0) is 6.42 Å². The molecule has 1 amide bonds. The van der Waals surface area contributed by atoms with Gasteiger partial charge in [-0.2, -0.15) is 0 Å². The molecule has 4 rings (SSSR count). The normalized spacial score (nSPS) is 15.6. The van der Waals surface area contributed by atoms with Gasteiger partial charge in [0, 0.05) is 17.4 Å². The van der Waals surface area contributed by atoms with Crippen LogP contribution in [0.2, 0.25) is 0 Å². The summed E-state index contributed by atoms with van der Waals surface area (Å²) in [4.78, 5) is 14.6. The van der Waals surface area contributed by atoms with Crippen molar-refractivity contribution in [3.8, 4) is 0 Å². The van der Waals surface area contributed by atoms with Crippen LogP contribution < -0.4 is 10.2 Å². The van der Waals surface area contributed by atoms with Gasteiger partial charge >= 0.3 is 0 Å². The van der Waals surface area contributed by atoms with Gasteiger partial charge in [-0.1, -0.05) is 30.3 Å². The lowest BCUT2D eigenvalue weighted by molar-refractivity contribution is 0.102. The van der Waals surface area contributed by atoms with Crippen LogP contribution in [0.1, 0.15) is 28.5 Å². The lowest BCUT2D eigenvalue weighted by Gasteiger charge is -2.23. The van der Waals surface area contributed by atoms with Gasteiger partial charge in [0.15, 0.2) is 11.5 Å². The number of hydrogen-bond acceptors (Lipinski definition) is 4. The number of fused-ring (bicyclic) bond motifs is 1. The molecule has 1 aliphatic rings. The first kappa shape index (κ1) is 16.3. The number of aryl methyl sites for hydroxylation is 1. The van der Waals surface area contributed by atoms with Crippen molar-refractivity contribution in [1.82, 2.24) is 10.2 Å². The van der Waals surface area contributed by atoms with E-state index in [1.807, 2.05) is 43.3 Å². The van der Waals surface area contributed by atoms with E-state index in [0.717, 1.165) is 29.2 Å². The fourth-order valence-corrected chi connectivity index (χ4v) is 3.41. The lowest BCUT2D eigenvalue weighted by atomic mass is 10.1. The number of amides is 1. The van der Waals surface area contributed by atoms with Gasteiger partial charge in [-0.3, -0.25) is 4.79 Å². The van der Waals surface area contributed by atoms with Crippen molar-refractivity contribution in [2.45, 2.75) is 26.3 Å². The first-order valence-electron chi connectivity index (χ1n) is 8.71. The van der Waals surface area contributed by atoms with Crippen LogP contribution in [-0.4, -0.2) is 22.1 Å². The van der Waals surface area contributed by atoms with Crippen LogP contribution in [0, 0.1) is 6.92 Å². The standard InChI is InChI=1S/C21H20N4O/c1-14-6-5-8-17(12-14)22-21(26)18-10-11-20(24-23-18)25-15(2)13-16-7-3-4-9-19(16)25/h3-12,15H,13H2,1-2H3,(H,22,26). The minimum Gasteiger partial charge on any atom is -0.321 e. The molecule has 1 unspecified atom stereocenters. The number of carbonyl (C=O) groups excluding carboxylic acids is 1. The summed E-state index contributed by atoms with van der Waals surface area (Å²) in [5.41, 5.74) is 4.61. The van der Waals surface area contributed by atoms with Crippen molar-refractivity contribution in [2.24, 2.45) is 0 Å². The van der Waals surface area contributed by atoms with E-state index in [-0.39, 0.29) is 5.91 Å². The van der Waals surface area contributed by atoms with E-state index < -0.39 is 0 Å². The second-order valence-electron chi connectivity index (χ2n) is 6.65. The molecule has 1 aliphatic heterocycles. The molecule has 2 aromatic carbocycles. The Hall–Kier alpha value is -3.21. The highest BCUT2D eigenvalue weighted by molar-refractivity contribution is 6.02. The molecule has 5 nitrogen and oxygen atoms in total. The number of carbonyl (C=O) groups is 1. The number of nitrogens with zero attached hydrogens (tertiary/aromatic N) is 3. The van der Waals surface area contributed by atoms with Gasteiger partial charge in [0.05, 0.1) is 0 Å². The molecular formula is C21H20N4O. The molecule has 1 atom stereocenters. The maximum atomic E-state index is 12.4. The summed E-state index contributed by atoms with van der Waals surface area (Å²) in [5, 5.41) is 11.3. The van der Waals surface area contributed by atoms with E-state index in [4.69, 9.17) is 0 Å². The van der Waals surface area contributed by atoms with Crippen LogP contribution in [0.3, 0.4) is 0 Å². The van der Waals surface area contributed by atoms with Crippen molar-refractivity contribution in [3.05, 3.63) is 77.5 Å². The van der Waals surface area contributed by atoms with Gasteiger partial charge in [0.2, 0.25) is 0 Å². The number of anilines is 3. The summed E-state index contributed by atoms with van der Waals surface area (Å²) in [6.07, 6.45) is 0.980. The fraction of sp³-hybridized carbons (Fsp3) is 0.190. The number of rotatable bonds is 3. The fourth-order valence-electron chi connectivity index (χ4n) is 3.41. The topological polar surface area (TPSA) is 58.1 Å². The molecular weight excluding hydrogens is 324 g/mol. The minimum atomic E-state index is -0.260. The molecule has 0 radical (unpaired) electrons. The Morgan fingerprint density at radius 3 is 2.69 bits per heavy atom. The molecule has 1 N–H and O–H groups in total. The molecule has 0 saturated carbocycles. The SMILES string of the molecule is Cc1cccc(NC(=O)c2ccc(N3c4ccccc4CC3C)nn2)c1. The Labute approximate surface area is 152 Å². The predicted octanol–water partition coefficient (Wildman–Crippen LogP) is 4.12. The summed E-state index contributed by atoms with van der Waals surface area (Å²) in [7, 11) is 0. The molecule has 5 heteroatoms. The second-order valence-corrected chi connectivity index (χ2v) is 6.65. The molecule has 0 bridgehead atoms. The minimum absolute atomic E-state index is 0.260. The Kier molecular flexibility index (Phi) is 4.13. The van der Waals surface area contributed by atoms with E-state index in [9.17, 15) is 4.79 Å². The summed E-state index contributed by atoms with van der Waals surface area (Å²) in [6, 6.07) is 19.9. The smallest absolute Gasteiger partial charge is 0.276 e. The maximum Gasteiger partial charge on any atom is 0.276 e. The quantitative estimate of drug-likeness (QED) is 0.776. The lowest BCUT2D eigenvalue weighted by Crippen LogP contribution is -2.25. The number of para-hydroxylation sites is 1. The summed E-state index contributed by atoms with van der Waals surface area (Å²) in [5.74, 6) is 0.499. The third kappa shape index (κ3) is 3.04. The first-order chi connectivity index (χ1) is 12.6. The number of hydrogen-bond donors (Lipinski definition) is 1. The summed E-state index contributed by atoms with van der Waals surface area (Å²) >= 11 is 0. The van der Waals surface area contributed by atoms with Gasteiger partial charge in [-0.25, -0.2) is 0 Å². The van der Waals surface area contributed by atoms with Gasteiger partial charge < -0.3 is 10.2 Å². The van der Waals surface area contributed by atoms with Crippen molar-refractivity contribution in [1.29, 1.82) is 0 Å². The third-order valence-corrected chi connectivity index (χ3v) is 4.61. The molecule has 3 aromatic rings. The highest BCUT2D eigenvalue weighted by Gasteiger charge is 2.28. The molecule has 1 aromatic heterocycles. The summed E-state index contributed by atoms with van der Waals surface area (Å²) < 4.78 is 0. The van der Waals surface area contributed by atoms with Crippen molar-refractivity contribution >= 4 is 23.1 Å². The Bertz CT molecular complexity index is 952. The van der Waals surface area contributed by atoms with E-state index in [1.54, 1.807) is 6.07 Å². The average molecular weight is 344 g/mol. The number of nitrogens with one attached hydrogen (secondary N) is 1. The zero-order valence-corrected chi connectivity index (χ0v) is 14.8. The molecule has 0 fully saturated rings. The van der Waals surface area contributed by atoms with E-state index in [1.165, 1.54) is 5.56 Å². The van der Waals surface area contributed by atoms with Crippen LogP contribution in [0.15, 0.2) is 60.7 Å². The number of aromatic nitrogens is 2. The van der Waals surface area contributed by atoms with Crippen LogP contribution in [0.5, 0.6) is 0 Å². The summed E-state index contributed by atoms with van der Waals surface area (Å²) in [6.45, 7) is 4.15. The Balaban J connectivity index is 1.55. The van der Waals surface area contributed by atoms with Crippen molar-refractivity contribution in [2.75, 3.05) is 10.2 Å². The molecule has 0 saturated heterocycles. The molecule has 0 spiro atoms. The average Bonchev–Trinajstić information content (AvgIpc) is 2.97. The van der Waals surface area contributed by atoms with Gasteiger partial charge in [0.1, 0.15) is 0 Å². The highest BCUT2D eigenvalue weighted by Crippen LogP contribution is 2.36. The van der Waals surface area contributed by atoms with E-state index in [2.05, 4.69) is 45.5 Å². The van der Waals surface area contributed by atoms with Gasteiger partial charge in [-0.15, -0.1) is 10.2 Å².